The summed E-state index contributed by atoms with van der Waals surface area (Å²) in [5.74, 6) is -0.679. The third-order valence-electron chi connectivity index (χ3n) is 4.68. The van der Waals surface area contributed by atoms with Gasteiger partial charge in [-0.25, -0.2) is 5.43 Å². The van der Waals surface area contributed by atoms with E-state index in [-0.39, 0.29) is 0 Å². The van der Waals surface area contributed by atoms with Gasteiger partial charge in [-0.1, -0.05) is 41.4 Å². The fourth-order valence-electron chi connectivity index (χ4n) is 2.87. The molecule has 9 heteroatoms. The number of halogens is 2. The number of nitrogens with zero attached hydrogens (tertiary/aromatic N) is 1. The van der Waals surface area contributed by atoms with E-state index in [0.717, 1.165) is 5.56 Å². The van der Waals surface area contributed by atoms with Crippen molar-refractivity contribution in [3.8, 4) is 11.5 Å². The number of rotatable bonds is 8. The molecule has 3 rings (SSSR count). The van der Waals surface area contributed by atoms with E-state index in [9.17, 15) is 9.59 Å². The number of benzene rings is 3. The molecule has 176 valence electrons. The maximum absolute atomic E-state index is 12.1. The third kappa shape index (κ3) is 6.97. The Bertz CT molecular complexity index is 1200. The van der Waals surface area contributed by atoms with E-state index >= 15 is 0 Å². The highest BCUT2D eigenvalue weighted by molar-refractivity contribution is 6.40. The Hall–Kier alpha value is -3.55. The van der Waals surface area contributed by atoms with Crippen LogP contribution in [0.4, 0.5) is 5.69 Å². The maximum atomic E-state index is 12.1. The van der Waals surface area contributed by atoms with E-state index in [2.05, 4.69) is 15.8 Å². The number of carbonyl (C=O) groups is 2. The van der Waals surface area contributed by atoms with E-state index in [4.69, 9.17) is 32.7 Å². The summed E-state index contributed by atoms with van der Waals surface area (Å²) in [6.07, 6.45) is 1.40. The Labute approximate surface area is 207 Å². The van der Waals surface area contributed by atoms with Crippen molar-refractivity contribution in [2.75, 3.05) is 11.9 Å². The molecule has 0 aliphatic heterocycles. The Morgan fingerprint density at radius 1 is 0.971 bits per heavy atom. The van der Waals surface area contributed by atoms with Crippen LogP contribution in [-0.2, 0) is 16.2 Å². The lowest BCUT2D eigenvalue weighted by Gasteiger charge is -2.12. The fourth-order valence-corrected chi connectivity index (χ4v) is 3.17. The molecular formula is C25H23Cl2N3O4. The van der Waals surface area contributed by atoms with Gasteiger partial charge in [0.2, 0.25) is 0 Å². The molecule has 3 aromatic carbocycles. The summed E-state index contributed by atoms with van der Waals surface area (Å²) in [5.41, 5.74) is 4.93. The number of nitrogens with one attached hydrogen (secondary N) is 2. The Kier molecular flexibility index (Phi) is 8.90. The number of anilines is 1. The van der Waals surface area contributed by atoms with Crippen molar-refractivity contribution in [3.63, 3.8) is 0 Å². The molecule has 0 fully saturated rings. The summed E-state index contributed by atoms with van der Waals surface area (Å²) in [6, 6.07) is 17.6. The number of carbonyl (C=O) groups excluding carboxylic acids is 2. The first kappa shape index (κ1) is 25.1. The van der Waals surface area contributed by atoms with Crippen LogP contribution in [0.2, 0.25) is 10.0 Å². The zero-order valence-electron chi connectivity index (χ0n) is 18.6. The minimum Gasteiger partial charge on any atom is -0.490 e. The van der Waals surface area contributed by atoms with Crippen molar-refractivity contribution in [1.82, 2.24) is 5.43 Å². The van der Waals surface area contributed by atoms with Crippen molar-refractivity contribution in [3.05, 3.63) is 87.4 Å². The first-order valence-corrected chi connectivity index (χ1v) is 11.2. The molecule has 0 aromatic heterocycles. The van der Waals surface area contributed by atoms with Crippen molar-refractivity contribution in [1.29, 1.82) is 0 Å². The van der Waals surface area contributed by atoms with Gasteiger partial charge >= 0.3 is 11.8 Å². The molecule has 0 saturated carbocycles. The normalized spacial score (nSPS) is 10.7. The van der Waals surface area contributed by atoms with Crippen LogP contribution in [0.5, 0.6) is 11.5 Å². The second-order valence-corrected chi connectivity index (χ2v) is 7.96. The van der Waals surface area contributed by atoms with E-state index in [1.807, 2.05) is 19.1 Å². The van der Waals surface area contributed by atoms with Gasteiger partial charge in [-0.05, 0) is 73.0 Å². The molecule has 0 atom stereocenters. The summed E-state index contributed by atoms with van der Waals surface area (Å²) >= 11 is 11.9. The van der Waals surface area contributed by atoms with Crippen molar-refractivity contribution in [2.24, 2.45) is 5.10 Å². The van der Waals surface area contributed by atoms with Crippen LogP contribution in [0.1, 0.15) is 23.6 Å². The van der Waals surface area contributed by atoms with Gasteiger partial charge in [0.1, 0.15) is 6.61 Å². The number of amides is 2. The SMILES string of the molecule is CCOc1cc(/C=N/NC(=O)C(=O)Nc2cccc(Cl)c2C)ccc1OCc1ccc(Cl)cc1. The minimum absolute atomic E-state index is 0.349. The zero-order valence-corrected chi connectivity index (χ0v) is 20.1. The smallest absolute Gasteiger partial charge is 0.329 e. The first-order valence-electron chi connectivity index (χ1n) is 10.4. The van der Waals surface area contributed by atoms with Gasteiger partial charge in [-0.2, -0.15) is 5.10 Å². The minimum atomic E-state index is -0.913. The molecule has 3 aromatic rings. The Morgan fingerprint density at radius 2 is 1.74 bits per heavy atom. The lowest BCUT2D eigenvalue weighted by atomic mass is 10.2. The van der Waals surface area contributed by atoms with E-state index in [0.29, 0.717) is 51.6 Å². The van der Waals surface area contributed by atoms with Crippen LogP contribution in [0.15, 0.2) is 65.8 Å². The summed E-state index contributed by atoms with van der Waals surface area (Å²) in [4.78, 5) is 24.2. The zero-order chi connectivity index (χ0) is 24.5. The van der Waals surface area contributed by atoms with E-state index < -0.39 is 11.8 Å². The molecule has 0 unspecified atom stereocenters. The van der Waals surface area contributed by atoms with Gasteiger partial charge in [-0.3, -0.25) is 9.59 Å². The standard InChI is InChI=1S/C25H23Cl2N3O4/c1-3-33-23-13-18(9-12-22(23)34-15-17-7-10-19(26)11-8-17)14-28-30-25(32)24(31)29-21-6-4-5-20(27)16(21)2/h4-14H,3,15H2,1-2H3,(H,29,31)(H,30,32)/b28-14+. The molecule has 0 heterocycles. The summed E-state index contributed by atoms with van der Waals surface area (Å²) in [7, 11) is 0. The van der Waals surface area contributed by atoms with Crippen molar-refractivity contribution >= 4 is 46.9 Å². The Balaban J connectivity index is 1.60. The molecule has 2 amide bonds. The molecule has 2 N–H and O–H groups in total. The van der Waals surface area contributed by atoms with Gasteiger partial charge in [0.05, 0.1) is 12.8 Å². The molecular weight excluding hydrogens is 477 g/mol. The summed E-state index contributed by atoms with van der Waals surface area (Å²) in [5, 5.41) is 7.51. The Morgan fingerprint density at radius 3 is 2.47 bits per heavy atom. The number of hydrazone groups is 1. The third-order valence-corrected chi connectivity index (χ3v) is 5.34. The molecule has 7 nitrogen and oxygen atoms in total. The molecule has 0 spiro atoms. The van der Waals surface area contributed by atoms with Gasteiger partial charge < -0.3 is 14.8 Å². The van der Waals surface area contributed by atoms with Gasteiger partial charge in [0.15, 0.2) is 11.5 Å². The predicted molar refractivity (Wildman–Crippen MR) is 134 cm³/mol. The second-order valence-electron chi connectivity index (χ2n) is 7.12. The average molecular weight is 500 g/mol. The maximum Gasteiger partial charge on any atom is 0.329 e. The van der Waals surface area contributed by atoms with Gasteiger partial charge in [-0.15, -0.1) is 0 Å². The summed E-state index contributed by atoms with van der Waals surface area (Å²) in [6.45, 7) is 4.40. The lowest BCUT2D eigenvalue weighted by Crippen LogP contribution is -2.32. The molecule has 0 aliphatic rings. The van der Waals surface area contributed by atoms with Gasteiger partial charge in [0.25, 0.3) is 0 Å². The van der Waals surface area contributed by atoms with Crippen LogP contribution < -0.4 is 20.2 Å². The van der Waals surface area contributed by atoms with Crippen molar-refractivity contribution < 1.29 is 19.1 Å². The van der Waals surface area contributed by atoms with Crippen LogP contribution in [0.3, 0.4) is 0 Å². The fraction of sp³-hybridized carbons (Fsp3) is 0.160. The molecule has 0 bridgehead atoms. The van der Waals surface area contributed by atoms with E-state index in [1.165, 1.54) is 6.21 Å². The summed E-state index contributed by atoms with van der Waals surface area (Å²) < 4.78 is 11.5. The molecule has 34 heavy (non-hydrogen) atoms. The quantitative estimate of drug-likeness (QED) is 0.247. The van der Waals surface area contributed by atoms with Gasteiger partial charge in [0, 0.05) is 15.7 Å². The van der Waals surface area contributed by atoms with Crippen LogP contribution in [0.25, 0.3) is 0 Å². The van der Waals surface area contributed by atoms with Crippen LogP contribution in [0, 0.1) is 6.92 Å². The number of hydrogen-bond acceptors (Lipinski definition) is 5. The number of hydrogen-bond donors (Lipinski definition) is 2. The average Bonchev–Trinajstić information content (AvgIpc) is 2.82. The van der Waals surface area contributed by atoms with Crippen LogP contribution >= 0.6 is 23.2 Å². The van der Waals surface area contributed by atoms with Crippen LogP contribution in [-0.4, -0.2) is 24.6 Å². The highest BCUT2D eigenvalue weighted by atomic mass is 35.5. The second kappa shape index (κ2) is 12.1. The largest absolute Gasteiger partial charge is 0.490 e. The molecule has 0 aliphatic carbocycles. The lowest BCUT2D eigenvalue weighted by molar-refractivity contribution is -0.136. The molecule has 0 saturated heterocycles. The number of ether oxygens (including phenoxy) is 2. The molecule has 0 radical (unpaired) electrons. The predicted octanol–water partition coefficient (Wildman–Crippen LogP) is 5.37. The van der Waals surface area contributed by atoms with Crippen molar-refractivity contribution in [2.45, 2.75) is 20.5 Å². The monoisotopic (exact) mass is 499 g/mol. The van der Waals surface area contributed by atoms with E-state index in [1.54, 1.807) is 55.5 Å². The topological polar surface area (TPSA) is 89.0 Å². The highest BCUT2D eigenvalue weighted by Crippen LogP contribution is 2.29. The first-order chi connectivity index (χ1) is 16.4. The highest BCUT2D eigenvalue weighted by Gasteiger charge is 2.14.